The molecule has 0 aliphatic carbocycles. The van der Waals surface area contributed by atoms with Crippen molar-refractivity contribution in [1.29, 1.82) is 5.26 Å². The fourth-order valence-corrected chi connectivity index (χ4v) is 1.99. The van der Waals surface area contributed by atoms with Crippen molar-refractivity contribution in [3.8, 4) is 6.07 Å². The van der Waals surface area contributed by atoms with Gasteiger partial charge in [-0.25, -0.2) is 4.40 Å². The molecule has 0 amide bonds. The smallest absolute Gasteiger partial charge is 0.0991 e. The lowest BCUT2D eigenvalue weighted by atomic mass is 10.1. The third-order valence-corrected chi connectivity index (χ3v) is 2.54. The maximum atomic E-state index is 8.58. The van der Waals surface area contributed by atoms with Gasteiger partial charge in [0.15, 0.2) is 0 Å². The maximum Gasteiger partial charge on any atom is 0.0991 e. The van der Waals surface area contributed by atoms with E-state index in [9.17, 15) is 0 Å². The average molecular weight is 302 g/mol. The van der Waals surface area contributed by atoms with Crippen LogP contribution in [0.1, 0.15) is 18.1 Å². The summed E-state index contributed by atoms with van der Waals surface area (Å²) in [6.45, 7) is 1.95. The zero-order valence-electron chi connectivity index (χ0n) is 6.99. The molecule has 0 atom stereocenters. The van der Waals surface area contributed by atoms with Gasteiger partial charge in [-0.3, -0.25) is 0 Å². The third-order valence-electron chi connectivity index (χ3n) is 1.60. The first-order chi connectivity index (χ1) is 6.27. The molecule has 0 heterocycles. The maximum absolute atomic E-state index is 8.58. The molecule has 0 fully saturated rings. The summed E-state index contributed by atoms with van der Waals surface area (Å²) < 4.78 is 4.19. The minimum Gasteiger partial charge on any atom is -0.210 e. The molecular formula is C9H7IN2S. The minimum atomic E-state index is 0.679. The van der Waals surface area contributed by atoms with Crippen LogP contribution in [0.3, 0.4) is 0 Å². The summed E-state index contributed by atoms with van der Waals surface area (Å²) in [5.74, 6) is 0. The monoisotopic (exact) mass is 302 g/mol. The molecule has 1 aromatic carbocycles. The van der Waals surface area contributed by atoms with Gasteiger partial charge in [-0.1, -0.05) is 12.1 Å². The van der Waals surface area contributed by atoms with Crippen LogP contribution in [-0.2, 0) is 0 Å². The Bertz CT molecular complexity index is 351. The van der Waals surface area contributed by atoms with E-state index < -0.39 is 0 Å². The molecule has 1 rings (SSSR count). The molecule has 66 valence electrons. The lowest BCUT2D eigenvalue weighted by Crippen LogP contribution is -1.92. The Kier molecular flexibility index (Phi) is 4.25. The molecule has 0 bridgehead atoms. The highest BCUT2D eigenvalue weighted by molar-refractivity contribution is 14.2. The highest BCUT2D eigenvalue weighted by Crippen LogP contribution is 2.15. The Hall–Kier alpha value is -0.540. The van der Waals surface area contributed by atoms with Gasteiger partial charge in [-0.05, 0) is 24.6 Å². The van der Waals surface area contributed by atoms with Crippen molar-refractivity contribution in [1.82, 2.24) is 0 Å². The zero-order valence-corrected chi connectivity index (χ0v) is 9.96. The molecule has 0 radical (unpaired) electrons. The predicted octanol–water partition coefficient (Wildman–Crippen LogP) is 3.37. The lowest BCUT2D eigenvalue weighted by molar-refractivity contribution is 1.48. The summed E-state index contributed by atoms with van der Waals surface area (Å²) in [6, 6.07) is 9.49. The van der Waals surface area contributed by atoms with E-state index in [1.54, 1.807) is 12.1 Å². The van der Waals surface area contributed by atoms with E-state index in [2.05, 4.69) is 31.7 Å². The largest absolute Gasteiger partial charge is 0.210 e. The quantitative estimate of drug-likeness (QED) is 0.477. The molecule has 0 saturated heterocycles. The van der Waals surface area contributed by atoms with E-state index in [0.29, 0.717) is 5.56 Å². The van der Waals surface area contributed by atoms with Crippen LogP contribution in [-0.4, -0.2) is 5.71 Å². The Morgan fingerprint density at radius 3 is 2.54 bits per heavy atom. The molecular weight excluding hydrogens is 295 g/mol. The number of halogens is 1. The molecule has 0 N–H and O–H groups in total. The Labute approximate surface area is 93.8 Å². The van der Waals surface area contributed by atoms with Crippen LogP contribution in [0, 0.1) is 11.3 Å². The van der Waals surface area contributed by atoms with Crippen molar-refractivity contribution < 1.29 is 0 Å². The first-order valence-corrected chi connectivity index (χ1v) is 6.92. The van der Waals surface area contributed by atoms with Gasteiger partial charge in [0, 0.05) is 30.3 Å². The van der Waals surface area contributed by atoms with Crippen LogP contribution in [0.4, 0.5) is 0 Å². The SMILES string of the molecule is CC(=NSI)c1ccc(C#N)cc1. The van der Waals surface area contributed by atoms with E-state index in [0.717, 1.165) is 11.3 Å². The zero-order chi connectivity index (χ0) is 9.68. The van der Waals surface area contributed by atoms with Gasteiger partial charge >= 0.3 is 0 Å². The molecule has 0 unspecified atom stereocenters. The predicted molar refractivity (Wildman–Crippen MR) is 65.0 cm³/mol. The first kappa shape index (κ1) is 10.5. The number of nitriles is 1. The normalized spacial score (nSPS) is 11.0. The molecule has 4 heteroatoms. The number of nitrogens with zero attached hydrogens (tertiary/aromatic N) is 2. The number of hydrogen-bond acceptors (Lipinski definition) is 3. The fraction of sp³-hybridized carbons (Fsp3) is 0.111. The van der Waals surface area contributed by atoms with Crippen LogP contribution in [0.5, 0.6) is 0 Å². The van der Waals surface area contributed by atoms with Crippen LogP contribution in [0.15, 0.2) is 28.7 Å². The van der Waals surface area contributed by atoms with E-state index in [-0.39, 0.29) is 0 Å². The summed E-state index contributed by atoms with van der Waals surface area (Å²) >= 11 is 2.12. The lowest BCUT2D eigenvalue weighted by Gasteiger charge is -1.98. The van der Waals surface area contributed by atoms with Crippen LogP contribution < -0.4 is 0 Å². The van der Waals surface area contributed by atoms with E-state index in [1.807, 2.05) is 19.1 Å². The fourth-order valence-electron chi connectivity index (χ4n) is 0.890. The first-order valence-electron chi connectivity index (χ1n) is 3.61. The Morgan fingerprint density at radius 2 is 2.08 bits per heavy atom. The summed E-state index contributed by atoms with van der Waals surface area (Å²) in [5, 5.41) is 8.58. The highest BCUT2D eigenvalue weighted by Gasteiger charge is 1.96. The number of benzene rings is 1. The molecule has 0 aliphatic heterocycles. The molecule has 2 nitrogen and oxygen atoms in total. The van der Waals surface area contributed by atoms with Crippen molar-refractivity contribution >= 4 is 36.0 Å². The number of hydrogen-bond donors (Lipinski definition) is 0. The molecule has 0 aliphatic rings. The molecule has 1 aromatic rings. The van der Waals surface area contributed by atoms with Crippen molar-refractivity contribution in [3.63, 3.8) is 0 Å². The molecule has 0 aromatic heterocycles. The van der Waals surface area contributed by atoms with E-state index >= 15 is 0 Å². The van der Waals surface area contributed by atoms with Crippen molar-refractivity contribution in [2.24, 2.45) is 4.40 Å². The van der Waals surface area contributed by atoms with E-state index in [4.69, 9.17) is 5.26 Å². The second-order valence-electron chi connectivity index (χ2n) is 2.43. The Balaban J connectivity index is 2.94. The van der Waals surface area contributed by atoms with Gasteiger partial charge in [0.1, 0.15) is 0 Å². The number of rotatable bonds is 2. The van der Waals surface area contributed by atoms with Crippen LogP contribution >= 0.6 is 30.3 Å². The summed E-state index contributed by atoms with van der Waals surface area (Å²) in [4.78, 5) is 0. The Morgan fingerprint density at radius 1 is 1.46 bits per heavy atom. The van der Waals surface area contributed by atoms with Crippen LogP contribution in [0.2, 0.25) is 0 Å². The van der Waals surface area contributed by atoms with Gasteiger partial charge in [-0.15, -0.1) is 0 Å². The van der Waals surface area contributed by atoms with Crippen molar-refractivity contribution in [3.05, 3.63) is 35.4 Å². The van der Waals surface area contributed by atoms with Gasteiger partial charge in [0.2, 0.25) is 0 Å². The minimum absolute atomic E-state index is 0.679. The second-order valence-corrected chi connectivity index (χ2v) is 3.94. The van der Waals surface area contributed by atoms with Crippen molar-refractivity contribution in [2.45, 2.75) is 6.92 Å². The van der Waals surface area contributed by atoms with Crippen LogP contribution in [0.25, 0.3) is 0 Å². The summed E-state index contributed by atoms with van der Waals surface area (Å²) in [5.41, 5.74) is 2.71. The summed E-state index contributed by atoms with van der Waals surface area (Å²) in [7, 11) is 1.41. The molecule has 0 spiro atoms. The average Bonchev–Trinajstić information content (AvgIpc) is 2.18. The van der Waals surface area contributed by atoms with Gasteiger partial charge in [0.05, 0.1) is 17.3 Å². The molecule has 13 heavy (non-hydrogen) atoms. The topological polar surface area (TPSA) is 36.1 Å². The summed E-state index contributed by atoms with van der Waals surface area (Å²) in [6.07, 6.45) is 0. The standard InChI is InChI=1S/C9H7IN2S/c1-7(12-13-10)9-4-2-8(6-11)3-5-9/h2-5H,1H3. The van der Waals surface area contributed by atoms with Crippen molar-refractivity contribution in [2.75, 3.05) is 0 Å². The third kappa shape index (κ3) is 3.01. The molecule has 0 saturated carbocycles. The van der Waals surface area contributed by atoms with Gasteiger partial charge < -0.3 is 0 Å². The second kappa shape index (κ2) is 5.25. The highest BCUT2D eigenvalue weighted by atomic mass is 127. The van der Waals surface area contributed by atoms with E-state index in [1.165, 1.54) is 9.12 Å². The van der Waals surface area contributed by atoms with Gasteiger partial charge in [0.25, 0.3) is 0 Å². The van der Waals surface area contributed by atoms with Gasteiger partial charge in [-0.2, -0.15) is 5.26 Å².